The summed E-state index contributed by atoms with van der Waals surface area (Å²) < 4.78 is 22.3. The molecule has 2 aromatic carbocycles. The molecule has 0 atom stereocenters. The van der Waals surface area contributed by atoms with Gasteiger partial charge in [0.1, 0.15) is 0 Å². The van der Waals surface area contributed by atoms with Crippen molar-refractivity contribution < 1.29 is 13.5 Å². The average molecular weight is 316 g/mol. The fourth-order valence-corrected chi connectivity index (χ4v) is 2.54. The van der Waals surface area contributed by atoms with Gasteiger partial charge in [0.05, 0.1) is 16.1 Å². The van der Waals surface area contributed by atoms with E-state index in [1.165, 1.54) is 24.3 Å². The third kappa shape index (κ3) is 2.69. The van der Waals surface area contributed by atoms with Crippen molar-refractivity contribution in [1.82, 2.24) is 4.98 Å². The number of fused-ring (bicyclic) bond motifs is 1. The molecule has 0 amide bonds. The second-order valence-electron chi connectivity index (χ2n) is 4.61. The van der Waals surface area contributed by atoms with Crippen molar-refractivity contribution in [3.05, 3.63) is 48.5 Å². The zero-order valence-corrected chi connectivity index (χ0v) is 12.1. The largest absolute Gasteiger partial charge is 0.493 e. The van der Waals surface area contributed by atoms with Gasteiger partial charge in [-0.3, -0.25) is 0 Å². The van der Waals surface area contributed by atoms with Crippen molar-refractivity contribution in [1.29, 1.82) is 0 Å². The number of rotatable bonds is 3. The van der Waals surface area contributed by atoms with Crippen LogP contribution in [0.15, 0.2) is 63.7 Å². The number of nitrogens with zero attached hydrogens (tertiary/aromatic N) is 2. The molecule has 3 rings (SSSR count). The van der Waals surface area contributed by atoms with Gasteiger partial charge in [0.25, 0.3) is 0 Å². The summed E-state index contributed by atoms with van der Waals surface area (Å²) >= 11 is 0. The summed E-state index contributed by atoms with van der Waals surface area (Å²) in [5.41, 5.74) is 1.52. The molecular formula is C14H12N4O3S. The number of sulfonamides is 1. The lowest BCUT2D eigenvalue weighted by molar-refractivity contribution is 0.459. The van der Waals surface area contributed by atoms with Gasteiger partial charge in [0, 0.05) is 5.39 Å². The van der Waals surface area contributed by atoms with Gasteiger partial charge in [-0.1, -0.05) is 18.2 Å². The Balaban J connectivity index is 1.95. The summed E-state index contributed by atoms with van der Waals surface area (Å²) in [5.74, 6) is -0.0777. The van der Waals surface area contributed by atoms with E-state index in [4.69, 9.17) is 5.14 Å². The molecule has 3 aromatic rings. The van der Waals surface area contributed by atoms with Gasteiger partial charge in [-0.2, -0.15) is 5.11 Å². The first-order chi connectivity index (χ1) is 10.4. The highest BCUT2D eigenvalue weighted by Crippen LogP contribution is 2.36. The van der Waals surface area contributed by atoms with Gasteiger partial charge in [-0.25, -0.2) is 13.6 Å². The number of nitrogens with two attached hydrogens (primary N) is 1. The van der Waals surface area contributed by atoms with Gasteiger partial charge >= 0.3 is 0 Å². The van der Waals surface area contributed by atoms with Crippen molar-refractivity contribution >= 4 is 32.3 Å². The molecule has 1 aromatic heterocycles. The van der Waals surface area contributed by atoms with Crippen molar-refractivity contribution in [3.63, 3.8) is 0 Å². The first-order valence-corrected chi connectivity index (χ1v) is 7.84. The molecule has 0 aliphatic rings. The predicted octanol–water partition coefficient (Wildman–Crippen LogP) is 2.94. The number of nitrogens with one attached hydrogen (secondary N) is 1. The summed E-state index contributed by atoms with van der Waals surface area (Å²) in [6, 6.07) is 12.9. The molecule has 1 heterocycles. The van der Waals surface area contributed by atoms with Gasteiger partial charge in [0.2, 0.25) is 15.9 Å². The fraction of sp³-hybridized carbons (Fsp3) is 0. The number of azo groups is 1. The van der Waals surface area contributed by atoms with Crippen LogP contribution in [0.4, 0.5) is 11.4 Å². The summed E-state index contributed by atoms with van der Waals surface area (Å²) in [4.78, 5) is 2.80. The lowest BCUT2D eigenvalue weighted by Gasteiger charge is -1.97. The van der Waals surface area contributed by atoms with Crippen LogP contribution in [0.25, 0.3) is 10.9 Å². The molecule has 0 bridgehead atoms. The maximum absolute atomic E-state index is 11.2. The van der Waals surface area contributed by atoms with Crippen molar-refractivity contribution in [2.45, 2.75) is 4.90 Å². The Bertz CT molecular complexity index is 959. The molecule has 22 heavy (non-hydrogen) atoms. The molecule has 0 spiro atoms. The highest BCUT2D eigenvalue weighted by molar-refractivity contribution is 7.89. The average Bonchev–Trinajstić information content (AvgIpc) is 2.80. The van der Waals surface area contributed by atoms with Crippen LogP contribution in [0, 0.1) is 0 Å². The fourth-order valence-electron chi connectivity index (χ4n) is 2.02. The van der Waals surface area contributed by atoms with Crippen LogP contribution in [-0.4, -0.2) is 18.5 Å². The minimum atomic E-state index is -3.73. The Morgan fingerprint density at radius 1 is 1.00 bits per heavy atom. The van der Waals surface area contributed by atoms with Crippen LogP contribution >= 0.6 is 0 Å². The minimum absolute atomic E-state index is 0.00129. The zero-order valence-electron chi connectivity index (χ0n) is 11.3. The molecule has 0 saturated heterocycles. The molecule has 8 heteroatoms. The van der Waals surface area contributed by atoms with Crippen molar-refractivity contribution in [2.75, 3.05) is 0 Å². The predicted molar refractivity (Wildman–Crippen MR) is 82.0 cm³/mol. The molecule has 4 N–H and O–H groups in total. The third-order valence-corrected chi connectivity index (χ3v) is 4.02. The van der Waals surface area contributed by atoms with E-state index >= 15 is 0 Å². The maximum Gasteiger partial charge on any atom is 0.238 e. The first kappa shape index (κ1) is 14.2. The van der Waals surface area contributed by atoms with Gasteiger partial charge in [-0.15, -0.1) is 5.11 Å². The van der Waals surface area contributed by atoms with E-state index < -0.39 is 10.0 Å². The van der Waals surface area contributed by atoms with E-state index in [9.17, 15) is 13.5 Å². The summed E-state index contributed by atoms with van der Waals surface area (Å²) in [7, 11) is -3.73. The first-order valence-electron chi connectivity index (χ1n) is 6.29. The number of benzene rings is 2. The number of H-pyrrole nitrogens is 1. The van der Waals surface area contributed by atoms with E-state index in [1.54, 1.807) is 0 Å². The van der Waals surface area contributed by atoms with E-state index in [2.05, 4.69) is 15.2 Å². The quantitative estimate of drug-likeness (QED) is 0.644. The smallest absolute Gasteiger partial charge is 0.238 e. The molecule has 0 aliphatic carbocycles. The molecule has 7 nitrogen and oxygen atoms in total. The van der Waals surface area contributed by atoms with E-state index in [0.29, 0.717) is 11.4 Å². The van der Waals surface area contributed by atoms with Crippen LogP contribution in [0.3, 0.4) is 0 Å². The van der Waals surface area contributed by atoms with E-state index in [-0.39, 0.29) is 10.8 Å². The van der Waals surface area contributed by atoms with Crippen LogP contribution in [0.5, 0.6) is 5.88 Å². The van der Waals surface area contributed by atoms with Crippen LogP contribution in [-0.2, 0) is 10.0 Å². The second kappa shape index (κ2) is 5.24. The Kier molecular flexibility index (Phi) is 3.39. The number of aromatic hydroxyl groups is 1. The molecule has 0 aliphatic heterocycles. The summed E-state index contributed by atoms with van der Waals surface area (Å²) in [6.07, 6.45) is 0. The van der Waals surface area contributed by atoms with Gasteiger partial charge < -0.3 is 10.1 Å². The molecular weight excluding hydrogens is 304 g/mol. The Morgan fingerprint density at radius 2 is 1.68 bits per heavy atom. The molecule has 0 saturated carbocycles. The lowest BCUT2D eigenvalue weighted by atomic mass is 10.2. The maximum atomic E-state index is 11.2. The van der Waals surface area contributed by atoms with Crippen LogP contribution < -0.4 is 5.14 Å². The summed E-state index contributed by atoms with van der Waals surface area (Å²) in [6.45, 7) is 0. The number of primary sulfonamides is 1. The standard InChI is InChI=1S/C14H12N4O3S/c15-22(20,21)10-7-5-9(6-8-10)17-18-13-11-3-1-2-4-12(11)16-14(13)19/h1-8,16,19H,(H2,15,20,21). The highest BCUT2D eigenvalue weighted by atomic mass is 32.2. The minimum Gasteiger partial charge on any atom is -0.493 e. The molecule has 0 fully saturated rings. The topological polar surface area (TPSA) is 121 Å². The molecule has 112 valence electrons. The number of aromatic amines is 1. The lowest BCUT2D eigenvalue weighted by Crippen LogP contribution is -2.11. The highest BCUT2D eigenvalue weighted by Gasteiger charge is 2.10. The number of aromatic nitrogens is 1. The Hall–Kier alpha value is -2.71. The third-order valence-electron chi connectivity index (χ3n) is 3.09. The van der Waals surface area contributed by atoms with Gasteiger partial charge in [-0.05, 0) is 30.3 Å². The Labute approximate surface area is 126 Å². The van der Waals surface area contributed by atoms with Crippen LogP contribution in [0.1, 0.15) is 0 Å². The molecule has 0 radical (unpaired) electrons. The van der Waals surface area contributed by atoms with Crippen LogP contribution in [0.2, 0.25) is 0 Å². The SMILES string of the molecule is NS(=O)(=O)c1ccc(N=Nc2c(O)[nH]c3ccccc23)cc1. The van der Waals surface area contributed by atoms with E-state index in [1.807, 2.05) is 24.3 Å². The number of hydrogen-bond donors (Lipinski definition) is 3. The van der Waals surface area contributed by atoms with E-state index in [0.717, 1.165) is 10.9 Å². The normalized spacial score (nSPS) is 12.2. The molecule has 0 unspecified atom stereocenters. The number of para-hydroxylation sites is 1. The second-order valence-corrected chi connectivity index (χ2v) is 6.17. The van der Waals surface area contributed by atoms with Crippen molar-refractivity contribution in [2.24, 2.45) is 15.4 Å². The summed E-state index contributed by atoms with van der Waals surface area (Å²) in [5, 5.41) is 23.6. The number of hydrogen-bond acceptors (Lipinski definition) is 5. The van der Waals surface area contributed by atoms with Gasteiger partial charge in [0.15, 0.2) is 5.69 Å². The Morgan fingerprint density at radius 3 is 2.36 bits per heavy atom. The monoisotopic (exact) mass is 316 g/mol. The zero-order chi connectivity index (χ0) is 15.7. The van der Waals surface area contributed by atoms with Crippen molar-refractivity contribution in [3.8, 4) is 5.88 Å².